The van der Waals surface area contributed by atoms with Crippen LogP contribution in [0.1, 0.15) is 12.8 Å². The third-order valence-corrected chi connectivity index (χ3v) is 2.74. The van der Waals surface area contributed by atoms with Gasteiger partial charge in [0.1, 0.15) is 0 Å². The first kappa shape index (κ1) is 17.0. The molecule has 0 atom stereocenters. The highest BCUT2D eigenvalue weighted by Crippen LogP contribution is 2.12. The lowest BCUT2D eigenvalue weighted by atomic mass is 10.3. The Bertz CT molecular complexity index is 381. The van der Waals surface area contributed by atoms with Gasteiger partial charge in [0.15, 0.2) is 0 Å². The van der Waals surface area contributed by atoms with Crippen molar-refractivity contribution in [3.63, 3.8) is 0 Å². The van der Waals surface area contributed by atoms with E-state index in [0.29, 0.717) is 12.2 Å². The molecular formula is C12H19Cl2N3O. The number of hydrogen-bond donors (Lipinski definition) is 2. The summed E-state index contributed by atoms with van der Waals surface area (Å²) in [7, 11) is 0. The Balaban J connectivity index is 0.00000144. The molecule has 1 aliphatic rings. The lowest BCUT2D eigenvalue weighted by Crippen LogP contribution is -2.30. The number of nitrogens with one attached hydrogen (secondary N) is 1. The van der Waals surface area contributed by atoms with Crippen LogP contribution in [0, 0.1) is 0 Å². The zero-order valence-corrected chi connectivity index (χ0v) is 11.7. The second-order valence-corrected chi connectivity index (χ2v) is 4.16. The number of nitrogens with two attached hydrogens (primary N) is 1. The van der Waals surface area contributed by atoms with Gasteiger partial charge >= 0.3 is 0 Å². The summed E-state index contributed by atoms with van der Waals surface area (Å²) < 4.78 is 0. The monoisotopic (exact) mass is 291 g/mol. The number of likely N-dealkylation sites (tertiary alicyclic amines) is 1. The van der Waals surface area contributed by atoms with Gasteiger partial charge in [-0.2, -0.15) is 0 Å². The van der Waals surface area contributed by atoms with Crippen molar-refractivity contribution in [3.05, 3.63) is 24.3 Å². The first-order valence-electron chi connectivity index (χ1n) is 5.62. The summed E-state index contributed by atoms with van der Waals surface area (Å²) in [6.45, 7) is 2.55. The zero-order chi connectivity index (χ0) is 11.4. The van der Waals surface area contributed by atoms with Gasteiger partial charge in [0.05, 0.1) is 6.54 Å². The molecule has 0 bridgehead atoms. The third kappa shape index (κ3) is 5.12. The lowest BCUT2D eigenvalue weighted by Gasteiger charge is -2.14. The van der Waals surface area contributed by atoms with Gasteiger partial charge in [-0.15, -0.1) is 24.8 Å². The van der Waals surface area contributed by atoms with E-state index in [1.165, 1.54) is 12.8 Å². The Hall–Kier alpha value is -0.970. The number of nitrogen functional groups attached to an aromatic ring is 1. The van der Waals surface area contributed by atoms with Crippen molar-refractivity contribution in [1.82, 2.24) is 4.90 Å². The Morgan fingerprint density at radius 1 is 1.28 bits per heavy atom. The fourth-order valence-corrected chi connectivity index (χ4v) is 1.96. The summed E-state index contributed by atoms with van der Waals surface area (Å²) in [5.74, 6) is 0.0347. The summed E-state index contributed by atoms with van der Waals surface area (Å²) in [5, 5.41) is 2.85. The van der Waals surface area contributed by atoms with E-state index >= 15 is 0 Å². The number of carbonyl (C=O) groups excluding carboxylic acids is 1. The Morgan fingerprint density at radius 2 is 1.94 bits per heavy atom. The van der Waals surface area contributed by atoms with E-state index in [-0.39, 0.29) is 30.7 Å². The van der Waals surface area contributed by atoms with Crippen molar-refractivity contribution in [1.29, 1.82) is 0 Å². The number of halogens is 2. The molecule has 1 heterocycles. The van der Waals surface area contributed by atoms with E-state index in [1.54, 1.807) is 12.1 Å². The molecule has 2 rings (SSSR count). The van der Waals surface area contributed by atoms with Crippen molar-refractivity contribution < 1.29 is 4.79 Å². The first-order chi connectivity index (χ1) is 7.74. The van der Waals surface area contributed by atoms with Gasteiger partial charge in [-0.05, 0) is 44.1 Å². The van der Waals surface area contributed by atoms with Gasteiger partial charge in [0.2, 0.25) is 5.91 Å². The molecule has 1 fully saturated rings. The topological polar surface area (TPSA) is 58.4 Å². The van der Waals surface area contributed by atoms with Crippen LogP contribution in [0.4, 0.5) is 11.4 Å². The molecule has 1 saturated heterocycles. The van der Waals surface area contributed by atoms with Crippen LogP contribution in [-0.4, -0.2) is 30.4 Å². The standard InChI is InChI=1S/C12H17N3O.2ClH/c13-10-4-3-5-11(8-10)14-12(16)9-15-6-1-2-7-15;;/h3-5,8H,1-2,6-7,9,13H2,(H,14,16);2*1H. The van der Waals surface area contributed by atoms with Crippen LogP contribution in [0.15, 0.2) is 24.3 Å². The second kappa shape index (κ2) is 8.19. The molecule has 1 aliphatic heterocycles. The molecule has 3 N–H and O–H groups in total. The fraction of sp³-hybridized carbons (Fsp3) is 0.417. The van der Waals surface area contributed by atoms with Gasteiger partial charge in [0.25, 0.3) is 0 Å². The Labute approximate surface area is 120 Å². The lowest BCUT2D eigenvalue weighted by molar-refractivity contribution is -0.117. The van der Waals surface area contributed by atoms with Crippen molar-refractivity contribution in [2.75, 3.05) is 30.7 Å². The van der Waals surface area contributed by atoms with E-state index < -0.39 is 0 Å². The maximum absolute atomic E-state index is 11.7. The van der Waals surface area contributed by atoms with Crippen LogP contribution < -0.4 is 11.1 Å². The number of anilines is 2. The molecule has 6 heteroatoms. The number of carbonyl (C=O) groups is 1. The largest absolute Gasteiger partial charge is 0.399 e. The molecule has 18 heavy (non-hydrogen) atoms. The van der Waals surface area contributed by atoms with Gasteiger partial charge in [0, 0.05) is 11.4 Å². The van der Waals surface area contributed by atoms with Crippen LogP contribution >= 0.6 is 24.8 Å². The molecule has 0 aromatic heterocycles. The molecular weight excluding hydrogens is 273 g/mol. The third-order valence-electron chi connectivity index (χ3n) is 2.74. The van der Waals surface area contributed by atoms with Crippen LogP contribution in [-0.2, 0) is 4.79 Å². The average molecular weight is 292 g/mol. The minimum atomic E-state index is 0. The Kier molecular flexibility index (Phi) is 7.75. The highest BCUT2D eigenvalue weighted by atomic mass is 35.5. The number of amides is 1. The summed E-state index contributed by atoms with van der Waals surface area (Å²) >= 11 is 0. The molecule has 1 aromatic rings. The van der Waals surface area contributed by atoms with Crippen molar-refractivity contribution >= 4 is 42.1 Å². The van der Waals surface area contributed by atoms with E-state index in [4.69, 9.17) is 5.73 Å². The van der Waals surface area contributed by atoms with Gasteiger partial charge in [-0.3, -0.25) is 9.69 Å². The van der Waals surface area contributed by atoms with Crippen LogP contribution in [0.3, 0.4) is 0 Å². The Morgan fingerprint density at radius 3 is 2.56 bits per heavy atom. The number of hydrogen-bond acceptors (Lipinski definition) is 3. The normalized spacial score (nSPS) is 14.4. The predicted molar refractivity (Wildman–Crippen MR) is 79.7 cm³/mol. The quantitative estimate of drug-likeness (QED) is 0.839. The molecule has 0 aliphatic carbocycles. The number of benzene rings is 1. The highest BCUT2D eigenvalue weighted by Gasteiger charge is 2.14. The highest BCUT2D eigenvalue weighted by molar-refractivity contribution is 5.92. The predicted octanol–water partition coefficient (Wildman–Crippen LogP) is 2.15. The smallest absolute Gasteiger partial charge is 0.238 e. The minimum Gasteiger partial charge on any atom is -0.399 e. The summed E-state index contributed by atoms with van der Waals surface area (Å²) in [6, 6.07) is 7.25. The number of nitrogens with zero attached hydrogens (tertiary/aromatic N) is 1. The van der Waals surface area contributed by atoms with E-state index in [9.17, 15) is 4.79 Å². The molecule has 0 spiro atoms. The van der Waals surface area contributed by atoms with Crippen LogP contribution in [0.25, 0.3) is 0 Å². The molecule has 0 unspecified atom stereocenters. The molecule has 102 valence electrons. The SMILES string of the molecule is Cl.Cl.Nc1cccc(NC(=O)CN2CCCC2)c1. The van der Waals surface area contributed by atoms with Crippen molar-refractivity contribution in [2.45, 2.75) is 12.8 Å². The van der Waals surface area contributed by atoms with E-state index in [0.717, 1.165) is 18.8 Å². The van der Waals surface area contributed by atoms with Gasteiger partial charge in [-0.25, -0.2) is 0 Å². The van der Waals surface area contributed by atoms with Crippen molar-refractivity contribution in [3.8, 4) is 0 Å². The number of rotatable bonds is 3. The van der Waals surface area contributed by atoms with Crippen LogP contribution in [0.2, 0.25) is 0 Å². The zero-order valence-electron chi connectivity index (χ0n) is 10.1. The van der Waals surface area contributed by atoms with E-state index in [2.05, 4.69) is 10.2 Å². The first-order valence-corrected chi connectivity index (χ1v) is 5.62. The molecule has 0 radical (unpaired) electrons. The maximum atomic E-state index is 11.7. The maximum Gasteiger partial charge on any atom is 0.238 e. The van der Waals surface area contributed by atoms with Gasteiger partial charge in [-0.1, -0.05) is 6.07 Å². The fourth-order valence-electron chi connectivity index (χ4n) is 1.96. The molecule has 1 aromatic carbocycles. The minimum absolute atomic E-state index is 0. The summed E-state index contributed by atoms with van der Waals surface area (Å²) in [5.41, 5.74) is 7.07. The van der Waals surface area contributed by atoms with E-state index in [1.807, 2.05) is 12.1 Å². The summed E-state index contributed by atoms with van der Waals surface area (Å²) in [4.78, 5) is 13.9. The van der Waals surface area contributed by atoms with Gasteiger partial charge < -0.3 is 11.1 Å². The van der Waals surface area contributed by atoms with Crippen LogP contribution in [0.5, 0.6) is 0 Å². The molecule has 4 nitrogen and oxygen atoms in total. The molecule has 1 amide bonds. The van der Waals surface area contributed by atoms with Crippen molar-refractivity contribution in [2.24, 2.45) is 0 Å². The average Bonchev–Trinajstić information content (AvgIpc) is 2.70. The second-order valence-electron chi connectivity index (χ2n) is 4.16. The summed E-state index contributed by atoms with van der Waals surface area (Å²) in [6.07, 6.45) is 2.40. The molecule has 0 saturated carbocycles.